The standard InChI is InChI=1S/C22H17F6N3O3/c1-12-9-15(34-22(26,27)28)5-7-17(12)31-18-6-3-13(21(23,24)25)10-16(18)20(32)30-14-4-8-19(33-2)29-11-14/h3-11,31H,1-2H3,(H,30,32). The first-order chi connectivity index (χ1) is 15.9. The average Bonchev–Trinajstić information content (AvgIpc) is 2.74. The van der Waals surface area contributed by atoms with Crippen LogP contribution in [0.4, 0.5) is 43.4 Å². The summed E-state index contributed by atoms with van der Waals surface area (Å²) >= 11 is 0. The lowest BCUT2D eigenvalue weighted by atomic mass is 10.1. The number of hydrogen-bond donors (Lipinski definition) is 2. The Labute approximate surface area is 189 Å². The zero-order valence-electron chi connectivity index (χ0n) is 17.6. The number of aryl methyl sites for hydroxylation is 1. The number of methoxy groups -OCH3 is 1. The predicted octanol–water partition coefficient (Wildman–Crippen LogP) is 6.31. The molecule has 0 radical (unpaired) electrons. The maximum atomic E-state index is 13.3. The Bertz CT molecular complexity index is 1180. The molecule has 0 atom stereocenters. The Kier molecular flexibility index (Phi) is 6.89. The molecule has 1 heterocycles. The van der Waals surface area contributed by atoms with Crippen LogP contribution in [0.1, 0.15) is 21.5 Å². The summed E-state index contributed by atoms with van der Waals surface area (Å²) in [6.07, 6.45) is -8.32. The van der Waals surface area contributed by atoms with Gasteiger partial charge in [-0.25, -0.2) is 4.98 Å². The second-order valence-corrected chi connectivity index (χ2v) is 6.95. The summed E-state index contributed by atoms with van der Waals surface area (Å²) in [4.78, 5) is 16.7. The number of aromatic nitrogens is 1. The number of benzene rings is 2. The van der Waals surface area contributed by atoms with Gasteiger partial charge in [-0.1, -0.05) is 0 Å². The number of carbonyl (C=O) groups is 1. The highest BCUT2D eigenvalue weighted by Crippen LogP contribution is 2.34. The molecule has 0 aliphatic rings. The van der Waals surface area contributed by atoms with Crippen molar-refractivity contribution in [3.8, 4) is 11.6 Å². The summed E-state index contributed by atoms with van der Waals surface area (Å²) in [6, 6.07) is 8.81. The summed E-state index contributed by atoms with van der Waals surface area (Å²) < 4.78 is 85.9. The Morgan fingerprint density at radius 2 is 1.65 bits per heavy atom. The van der Waals surface area contributed by atoms with Crippen molar-refractivity contribution < 1.29 is 40.6 Å². The highest BCUT2D eigenvalue weighted by molar-refractivity contribution is 6.08. The lowest BCUT2D eigenvalue weighted by molar-refractivity contribution is -0.274. The number of nitrogens with zero attached hydrogens (tertiary/aromatic N) is 1. The fraction of sp³-hybridized carbons (Fsp3) is 0.182. The molecule has 12 heteroatoms. The lowest BCUT2D eigenvalue weighted by Gasteiger charge is -2.17. The van der Waals surface area contributed by atoms with Crippen LogP contribution >= 0.6 is 0 Å². The maximum absolute atomic E-state index is 13.3. The van der Waals surface area contributed by atoms with Crippen LogP contribution in [0.3, 0.4) is 0 Å². The normalized spacial score (nSPS) is 11.6. The zero-order chi connectivity index (χ0) is 25.1. The third-order valence-corrected chi connectivity index (χ3v) is 4.50. The maximum Gasteiger partial charge on any atom is 0.573 e. The number of halogens is 6. The van der Waals surface area contributed by atoms with Crippen LogP contribution < -0.4 is 20.1 Å². The summed E-state index contributed by atoms with van der Waals surface area (Å²) in [5.74, 6) is -1.06. The van der Waals surface area contributed by atoms with Gasteiger partial charge in [-0.2, -0.15) is 13.2 Å². The molecule has 1 aromatic heterocycles. The molecule has 6 nitrogen and oxygen atoms in total. The first-order valence-electron chi connectivity index (χ1n) is 9.52. The first kappa shape index (κ1) is 24.7. The molecule has 0 saturated carbocycles. The molecule has 2 N–H and O–H groups in total. The van der Waals surface area contributed by atoms with Crippen molar-refractivity contribution in [3.63, 3.8) is 0 Å². The van der Waals surface area contributed by atoms with Crippen LogP contribution in [0, 0.1) is 6.92 Å². The number of rotatable bonds is 6. The molecule has 0 fully saturated rings. The summed E-state index contributed by atoms with van der Waals surface area (Å²) in [6.45, 7) is 1.47. The zero-order valence-corrected chi connectivity index (χ0v) is 17.6. The molecule has 34 heavy (non-hydrogen) atoms. The molecule has 3 rings (SSSR count). The molecule has 0 unspecified atom stereocenters. The van der Waals surface area contributed by atoms with Crippen LogP contribution in [0.25, 0.3) is 0 Å². The second kappa shape index (κ2) is 9.49. The Morgan fingerprint density at radius 1 is 0.941 bits per heavy atom. The van der Waals surface area contributed by atoms with Gasteiger partial charge in [-0.15, -0.1) is 13.2 Å². The summed E-state index contributed by atoms with van der Waals surface area (Å²) in [7, 11) is 1.39. The lowest BCUT2D eigenvalue weighted by Crippen LogP contribution is -2.17. The minimum atomic E-state index is -4.88. The van der Waals surface area contributed by atoms with Gasteiger partial charge in [0.05, 0.1) is 35.8 Å². The van der Waals surface area contributed by atoms with E-state index in [1.165, 1.54) is 38.4 Å². The van der Waals surface area contributed by atoms with Crippen molar-refractivity contribution >= 4 is 23.0 Å². The van der Waals surface area contributed by atoms with Crippen molar-refractivity contribution in [3.05, 3.63) is 71.4 Å². The molecular weight excluding hydrogens is 468 g/mol. The number of pyridine rings is 1. The van der Waals surface area contributed by atoms with E-state index < -0.39 is 29.8 Å². The van der Waals surface area contributed by atoms with E-state index >= 15 is 0 Å². The first-order valence-corrected chi connectivity index (χ1v) is 9.52. The molecule has 0 saturated heterocycles. The largest absolute Gasteiger partial charge is 0.573 e. The van der Waals surface area contributed by atoms with Gasteiger partial charge >= 0.3 is 12.5 Å². The van der Waals surface area contributed by atoms with Gasteiger partial charge in [-0.3, -0.25) is 4.79 Å². The molecule has 1 amide bonds. The average molecular weight is 485 g/mol. The van der Waals surface area contributed by atoms with E-state index in [4.69, 9.17) is 4.74 Å². The van der Waals surface area contributed by atoms with Crippen molar-refractivity contribution in [1.82, 2.24) is 4.98 Å². The van der Waals surface area contributed by atoms with Gasteiger partial charge in [-0.05, 0) is 55.0 Å². The van der Waals surface area contributed by atoms with Gasteiger partial charge in [0.25, 0.3) is 5.91 Å². The number of ether oxygens (including phenoxy) is 2. The van der Waals surface area contributed by atoms with E-state index in [-0.39, 0.29) is 28.5 Å². The Hall–Kier alpha value is -3.96. The number of anilines is 3. The predicted molar refractivity (Wildman–Crippen MR) is 111 cm³/mol. The topological polar surface area (TPSA) is 72.5 Å². The van der Waals surface area contributed by atoms with E-state index in [1.54, 1.807) is 0 Å². The number of hydrogen-bond acceptors (Lipinski definition) is 5. The van der Waals surface area contributed by atoms with Gasteiger partial charge < -0.3 is 20.1 Å². The van der Waals surface area contributed by atoms with Crippen molar-refractivity contribution in [2.24, 2.45) is 0 Å². The molecule has 2 aromatic carbocycles. The van der Waals surface area contributed by atoms with Gasteiger partial charge in [0.2, 0.25) is 5.88 Å². The van der Waals surface area contributed by atoms with Crippen molar-refractivity contribution in [2.75, 3.05) is 17.7 Å². The molecule has 0 aliphatic carbocycles. The molecule has 0 bridgehead atoms. The monoisotopic (exact) mass is 485 g/mol. The molecular formula is C22H17F6N3O3. The van der Waals surface area contributed by atoms with Crippen LogP contribution in [0.2, 0.25) is 0 Å². The van der Waals surface area contributed by atoms with E-state index in [0.717, 1.165) is 24.3 Å². The van der Waals surface area contributed by atoms with E-state index in [2.05, 4.69) is 20.4 Å². The third-order valence-electron chi connectivity index (χ3n) is 4.50. The van der Waals surface area contributed by atoms with Crippen LogP contribution in [0.15, 0.2) is 54.7 Å². The Balaban J connectivity index is 1.93. The van der Waals surface area contributed by atoms with Crippen LogP contribution in [-0.2, 0) is 6.18 Å². The van der Waals surface area contributed by atoms with E-state index in [1.807, 2.05) is 0 Å². The molecule has 180 valence electrons. The SMILES string of the molecule is COc1ccc(NC(=O)c2cc(C(F)(F)F)ccc2Nc2ccc(OC(F)(F)F)cc2C)cn1. The minimum absolute atomic E-state index is 0.000407. The van der Waals surface area contributed by atoms with E-state index in [9.17, 15) is 31.1 Å². The fourth-order valence-corrected chi connectivity index (χ4v) is 2.91. The highest BCUT2D eigenvalue weighted by atomic mass is 19.4. The number of amides is 1. The quantitative estimate of drug-likeness (QED) is 0.401. The summed E-state index contributed by atoms with van der Waals surface area (Å²) in [5.41, 5.74) is -0.636. The second-order valence-electron chi connectivity index (χ2n) is 6.95. The third kappa shape index (κ3) is 6.30. The molecule has 0 aliphatic heterocycles. The van der Waals surface area contributed by atoms with Gasteiger partial charge in [0.1, 0.15) is 5.75 Å². The van der Waals surface area contributed by atoms with E-state index in [0.29, 0.717) is 11.6 Å². The molecule has 0 spiro atoms. The summed E-state index contributed by atoms with van der Waals surface area (Å²) in [5, 5.41) is 5.25. The van der Waals surface area contributed by atoms with Crippen molar-refractivity contribution in [1.29, 1.82) is 0 Å². The minimum Gasteiger partial charge on any atom is -0.481 e. The number of nitrogens with one attached hydrogen (secondary N) is 2. The fourth-order valence-electron chi connectivity index (χ4n) is 2.91. The molecule has 3 aromatic rings. The van der Waals surface area contributed by atoms with Crippen LogP contribution in [-0.4, -0.2) is 24.4 Å². The van der Waals surface area contributed by atoms with Crippen LogP contribution in [0.5, 0.6) is 11.6 Å². The number of carbonyl (C=O) groups excluding carboxylic acids is 1. The number of alkyl halides is 6. The smallest absolute Gasteiger partial charge is 0.481 e. The van der Waals surface area contributed by atoms with Crippen molar-refractivity contribution in [2.45, 2.75) is 19.5 Å². The highest BCUT2D eigenvalue weighted by Gasteiger charge is 2.32. The van der Waals surface area contributed by atoms with Gasteiger partial charge in [0, 0.05) is 11.8 Å². The Morgan fingerprint density at radius 3 is 2.21 bits per heavy atom. The van der Waals surface area contributed by atoms with Gasteiger partial charge in [0.15, 0.2) is 0 Å².